The summed E-state index contributed by atoms with van der Waals surface area (Å²) in [6.45, 7) is 9.01. The van der Waals surface area contributed by atoms with Gasteiger partial charge in [0.15, 0.2) is 0 Å². The zero-order chi connectivity index (χ0) is 12.1. The lowest BCUT2D eigenvalue weighted by atomic mass is 10.1. The third-order valence-electron chi connectivity index (χ3n) is 2.17. The largest absolute Gasteiger partial charge is 0.309 e. The van der Waals surface area contributed by atoms with E-state index in [0.717, 1.165) is 33.2 Å². The highest BCUT2D eigenvalue weighted by atomic mass is 79.9. The van der Waals surface area contributed by atoms with Crippen LogP contribution in [0.1, 0.15) is 32.0 Å². The molecule has 0 amide bonds. The zero-order valence-corrected chi connectivity index (χ0v) is 12.7. The Morgan fingerprint density at radius 1 is 1.56 bits per heavy atom. The molecule has 1 aromatic rings. The second-order valence-electron chi connectivity index (χ2n) is 3.79. The molecule has 4 heteroatoms. The lowest BCUT2D eigenvalue weighted by molar-refractivity contribution is 0.533. The van der Waals surface area contributed by atoms with Crippen LogP contribution in [0.4, 0.5) is 0 Å². The lowest BCUT2D eigenvalue weighted by Gasteiger charge is -2.18. The second kappa shape index (κ2) is 6.52. The van der Waals surface area contributed by atoms with Crippen LogP contribution in [0.5, 0.6) is 0 Å². The fourth-order valence-corrected chi connectivity index (χ4v) is 2.81. The third-order valence-corrected chi connectivity index (χ3v) is 3.24. The number of hydrogen-bond donors (Lipinski definition) is 1. The van der Waals surface area contributed by atoms with Crippen LogP contribution in [0, 0.1) is 0 Å². The lowest BCUT2D eigenvalue weighted by Crippen LogP contribution is -2.22. The van der Waals surface area contributed by atoms with Crippen LogP contribution in [0.25, 0.3) is 0 Å². The van der Waals surface area contributed by atoms with Crippen LogP contribution in [0.15, 0.2) is 33.4 Å². The van der Waals surface area contributed by atoms with Crippen LogP contribution in [-0.4, -0.2) is 11.5 Å². The van der Waals surface area contributed by atoms with Gasteiger partial charge in [0.2, 0.25) is 0 Å². The first kappa shape index (κ1) is 13.9. The number of aromatic nitrogens is 1. The van der Waals surface area contributed by atoms with E-state index in [1.807, 2.05) is 19.2 Å². The number of nitrogens with one attached hydrogen (secondary N) is 1. The van der Waals surface area contributed by atoms with Crippen LogP contribution < -0.4 is 5.32 Å². The maximum Gasteiger partial charge on any atom is 0.0718 e. The molecule has 0 saturated carbocycles. The molecule has 0 bridgehead atoms. The smallest absolute Gasteiger partial charge is 0.0718 e. The standard InChI is InChI=1S/C12H16Br2N2/c1-4-15-11(5-8(2)3)12-10(14)6-9(13)7-16-12/h6-7,11,15H,2,4-5H2,1,3H3. The minimum absolute atomic E-state index is 0.227. The molecule has 0 aliphatic rings. The van der Waals surface area contributed by atoms with Crippen molar-refractivity contribution >= 4 is 31.9 Å². The summed E-state index contributed by atoms with van der Waals surface area (Å²) in [6.07, 6.45) is 2.73. The van der Waals surface area contributed by atoms with Gasteiger partial charge in [0.1, 0.15) is 0 Å². The molecule has 16 heavy (non-hydrogen) atoms. The summed E-state index contributed by atoms with van der Waals surface area (Å²) in [5.41, 5.74) is 2.19. The minimum atomic E-state index is 0.227. The van der Waals surface area contributed by atoms with Crippen LogP contribution >= 0.6 is 31.9 Å². The Bertz CT molecular complexity index is 377. The van der Waals surface area contributed by atoms with Crippen molar-refractivity contribution in [3.05, 3.63) is 39.1 Å². The highest BCUT2D eigenvalue weighted by Crippen LogP contribution is 2.27. The molecule has 2 nitrogen and oxygen atoms in total. The van der Waals surface area contributed by atoms with Gasteiger partial charge in [-0.1, -0.05) is 12.5 Å². The monoisotopic (exact) mass is 346 g/mol. The van der Waals surface area contributed by atoms with Gasteiger partial charge in [0.05, 0.1) is 11.7 Å². The molecule has 88 valence electrons. The topological polar surface area (TPSA) is 24.9 Å². The molecule has 0 saturated heterocycles. The summed E-state index contributed by atoms with van der Waals surface area (Å²) < 4.78 is 2.00. The summed E-state index contributed by atoms with van der Waals surface area (Å²) in [6, 6.07) is 2.25. The SMILES string of the molecule is C=C(C)CC(NCC)c1ncc(Br)cc1Br. The van der Waals surface area contributed by atoms with E-state index >= 15 is 0 Å². The first-order valence-corrected chi connectivity index (χ1v) is 6.82. The van der Waals surface area contributed by atoms with E-state index in [1.54, 1.807) is 0 Å². The quantitative estimate of drug-likeness (QED) is 0.806. The van der Waals surface area contributed by atoms with E-state index < -0.39 is 0 Å². The predicted octanol–water partition coefficient (Wildman–Crippen LogP) is 4.22. The normalized spacial score (nSPS) is 12.5. The summed E-state index contributed by atoms with van der Waals surface area (Å²) in [5, 5.41) is 3.42. The van der Waals surface area contributed by atoms with Gasteiger partial charge in [0.25, 0.3) is 0 Å². The average Bonchev–Trinajstić information content (AvgIpc) is 2.16. The molecule has 0 spiro atoms. The van der Waals surface area contributed by atoms with E-state index in [4.69, 9.17) is 0 Å². The van der Waals surface area contributed by atoms with Gasteiger partial charge in [-0.2, -0.15) is 0 Å². The van der Waals surface area contributed by atoms with Gasteiger partial charge in [-0.15, -0.1) is 6.58 Å². The molecule has 0 fully saturated rings. The fraction of sp³-hybridized carbons (Fsp3) is 0.417. The third kappa shape index (κ3) is 4.00. The van der Waals surface area contributed by atoms with Crippen molar-refractivity contribution in [1.82, 2.24) is 10.3 Å². The van der Waals surface area contributed by atoms with Crippen molar-refractivity contribution in [2.24, 2.45) is 0 Å². The Balaban J connectivity index is 2.95. The van der Waals surface area contributed by atoms with Gasteiger partial charge in [-0.05, 0) is 57.8 Å². The Kier molecular flexibility index (Phi) is 5.66. The number of rotatable bonds is 5. The predicted molar refractivity (Wildman–Crippen MR) is 75.5 cm³/mol. The molecule has 1 N–H and O–H groups in total. The van der Waals surface area contributed by atoms with Crippen LogP contribution in [-0.2, 0) is 0 Å². The number of hydrogen-bond acceptors (Lipinski definition) is 2. The van der Waals surface area contributed by atoms with Gasteiger partial charge in [-0.25, -0.2) is 0 Å². The molecule has 0 radical (unpaired) electrons. The molecule has 1 aromatic heterocycles. The van der Waals surface area contributed by atoms with Gasteiger partial charge in [0, 0.05) is 15.1 Å². The molecular weight excluding hydrogens is 332 g/mol. The molecule has 0 aromatic carbocycles. The number of pyridine rings is 1. The summed E-state index contributed by atoms with van der Waals surface area (Å²) in [4.78, 5) is 4.45. The molecule has 0 aliphatic heterocycles. The van der Waals surface area contributed by atoms with Crippen molar-refractivity contribution in [3.63, 3.8) is 0 Å². The second-order valence-corrected chi connectivity index (χ2v) is 5.56. The van der Waals surface area contributed by atoms with E-state index in [9.17, 15) is 0 Å². The molecule has 1 heterocycles. The first-order valence-electron chi connectivity index (χ1n) is 5.23. The Morgan fingerprint density at radius 2 is 2.25 bits per heavy atom. The molecule has 1 rings (SSSR count). The first-order chi connectivity index (χ1) is 7.54. The van der Waals surface area contributed by atoms with Crippen LogP contribution in [0.2, 0.25) is 0 Å². The Morgan fingerprint density at radius 3 is 2.75 bits per heavy atom. The minimum Gasteiger partial charge on any atom is -0.309 e. The van der Waals surface area contributed by atoms with Crippen molar-refractivity contribution in [2.75, 3.05) is 6.54 Å². The van der Waals surface area contributed by atoms with Crippen molar-refractivity contribution in [3.8, 4) is 0 Å². The van der Waals surface area contributed by atoms with E-state index in [1.165, 1.54) is 0 Å². The van der Waals surface area contributed by atoms with Crippen LogP contribution in [0.3, 0.4) is 0 Å². The highest BCUT2D eigenvalue weighted by molar-refractivity contribution is 9.11. The van der Waals surface area contributed by atoms with E-state index in [2.05, 4.69) is 55.7 Å². The maximum absolute atomic E-state index is 4.45. The maximum atomic E-state index is 4.45. The van der Waals surface area contributed by atoms with E-state index in [0.29, 0.717) is 0 Å². The number of halogens is 2. The molecular formula is C12H16Br2N2. The van der Waals surface area contributed by atoms with E-state index in [-0.39, 0.29) is 6.04 Å². The molecule has 1 unspecified atom stereocenters. The molecule has 0 aliphatic carbocycles. The van der Waals surface area contributed by atoms with Crippen molar-refractivity contribution in [2.45, 2.75) is 26.3 Å². The van der Waals surface area contributed by atoms with Gasteiger partial charge in [-0.3, -0.25) is 4.98 Å². The summed E-state index contributed by atoms with van der Waals surface area (Å²) in [5.74, 6) is 0. The average molecular weight is 348 g/mol. The fourth-order valence-electron chi connectivity index (χ4n) is 1.54. The highest BCUT2D eigenvalue weighted by Gasteiger charge is 2.15. The van der Waals surface area contributed by atoms with Crippen molar-refractivity contribution < 1.29 is 0 Å². The summed E-state index contributed by atoms with van der Waals surface area (Å²) in [7, 11) is 0. The Hall–Kier alpha value is -0.190. The number of nitrogens with zero attached hydrogens (tertiary/aromatic N) is 1. The summed E-state index contributed by atoms with van der Waals surface area (Å²) >= 11 is 6.95. The van der Waals surface area contributed by atoms with Gasteiger partial charge < -0.3 is 5.32 Å². The molecule has 1 atom stereocenters. The zero-order valence-electron chi connectivity index (χ0n) is 9.56. The Labute approximate surface area is 114 Å². The van der Waals surface area contributed by atoms with Gasteiger partial charge >= 0.3 is 0 Å². The van der Waals surface area contributed by atoms with Crippen molar-refractivity contribution in [1.29, 1.82) is 0 Å².